The van der Waals surface area contributed by atoms with Crippen molar-refractivity contribution in [3.05, 3.63) is 0 Å². The molecule has 0 aliphatic carbocycles. The first-order valence-electron chi connectivity index (χ1n) is 5.66. The minimum Gasteiger partial charge on any atom is -0.382 e. The minimum atomic E-state index is 0.183. The normalized spacial score (nSPS) is 30.4. The number of methoxy groups -OCH3 is 2. The maximum atomic E-state index is 5.39. The van der Waals surface area contributed by atoms with Gasteiger partial charge < -0.3 is 14.8 Å². The fraction of sp³-hybridized carbons (Fsp3) is 1.00. The van der Waals surface area contributed by atoms with Crippen molar-refractivity contribution >= 4 is 0 Å². The smallest absolute Gasteiger partial charge is 0.0931 e. The first-order chi connectivity index (χ1) is 7.17. The summed E-state index contributed by atoms with van der Waals surface area (Å²) >= 11 is 0. The molecule has 3 atom stereocenters. The van der Waals surface area contributed by atoms with Crippen molar-refractivity contribution in [1.82, 2.24) is 10.2 Å². The molecule has 1 heterocycles. The number of piperazine rings is 1. The van der Waals surface area contributed by atoms with Crippen LogP contribution in [0.25, 0.3) is 0 Å². The highest BCUT2D eigenvalue weighted by Crippen LogP contribution is 2.08. The Bertz CT molecular complexity index is 178. The Morgan fingerprint density at radius 3 is 2.73 bits per heavy atom. The third-order valence-corrected chi connectivity index (χ3v) is 3.02. The summed E-state index contributed by atoms with van der Waals surface area (Å²) in [6, 6.07) is 1.15. The summed E-state index contributed by atoms with van der Waals surface area (Å²) in [4.78, 5) is 2.47. The quantitative estimate of drug-likeness (QED) is 0.718. The van der Waals surface area contributed by atoms with Crippen LogP contribution >= 0.6 is 0 Å². The Balaban J connectivity index is 2.39. The highest BCUT2D eigenvalue weighted by molar-refractivity contribution is 4.82. The van der Waals surface area contributed by atoms with Crippen LogP contribution in [0.3, 0.4) is 0 Å². The zero-order valence-electron chi connectivity index (χ0n) is 10.3. The molecule has 15 heavy (non-hydrogen) atoms. The van der Waals surface area contributed by atoms with E-state index in [1.807, 2.05) is 0 Å². The molecular weight excluding hydrogens is 192 g/mol. The lowest BCUT2D eigenvalue weighted by Gasteiger charge is -2.39. The van der Waals surface area contributed by atoms with Crippen LogP contribution in [0.4, 0.5) is 0 Å². The number of nitrogens with zero attached hydrogens (tertiary/aromatic N) is 1. The molecule has 1 aliphatic heterocycles. The molecule has 4 heteroatoms. The molecule has 1 fully saturated rings. The monoisotopic (exact) mass is 216 g/mol. The molecule has 90 valence electrons. The fourth-order valence-corrected chi connectivity index (χ4v) is 1.99. The van der Waals surface area contributed by atoms with Gasteiger partial charge in [0.25, 0.3) is 0 Å². The first-order valence-corrected chi connectivity index (χ1v) is 5.66. The lowest BCUT2D eigenvalue weighted by atomic mass is 10.1. The second kappa shape index (κ2) is 6.43. The molecule has 0 bridgehead atoms. The lowest BCUT2D eigenvalue weighted by Crippen LogP contribution is -2.56. The Hall–Kier alpha value is -0.160. The third-order valence-electron chi connectivity index (χ3n) is 3.02. The average Bonchev–Trinajstić information content (AvgIpc) is 2.22. The summed E-state index contributed by atoms with van der Waals surface area (Å²) in [7, 11) is 3.47. The lowest BCUT2D eigenvalue weighted by molar-refractivity contribution is -0.00791. The van der Waals surface area contributed by atoms with Crippen molar-refractivity contribution in [1.29, 1.82) is 0 Å². The van der Waals surface area contributed by atoms with E-state index in [1.54, 1.807) is 14.2 Å². The van der Waals surface area contributed by atoms with Gasteiger partial charge in [0.15, 0.2) is 0 Å². The Morgan fingerprint density at radius 1 is 1.40 bits per heavy atom. The van der Waals surface area contributed by atoms with E-state index in [0.717, 1.165) is 19.6 Å². The standard InChI is InChI=1S/C11H24N2O2/c1-9-6-13(10(2)5-12-9)7-11(15-4)8-14-3/h9-12H,5-8H2,1-4H3. The predicted octanol–water partition coefficient (Wildman–Crippen LogP) is 0.330. The van der Waals surface area contributed by atoms with E-state index in [-0.39, 0.29) is 6.10 Å². The van der Waals surface area contributed by atoms with Crippen LogP contribution in [0.1, 0.15) is 13.8 Å². The molecule has 0 radical (unpaired) electrons. The molecule has 1 aliphatic rings. The SMILES string of the molecule is COCC(CN1CC(C)NCC1C)OC. The van der Waals surface area contributed by atoms with Crippen molar-refractivity contribution in [2.75, 3.05) is 40.5 Å². The van der Waals surface area contributed by atoms with Crippen LogP contribution in [0, 0.1) is 0 Å². The van der Waals surface area contributed by atoms with Crippen molar-refractivity contribution in [2.24, 2.45) is 0 Å². The zero-order chi connectivity index (χ0) is 11.3. The number of hydrogen-bond donors (Lipinski definition) is 1. The molecule has 0 spiro atoms. The van der Waals surface area contributed by atoms with E-state index in [2.05, 4.69) is 24.1 Å². The van der Waals surface area contributed by atoms with E-state index in [9.17, 15) is 0 Å². The largest absolute Gasteiger partial charge is 0.382 e. The number of ether oxygens (including phenoxy) is 2. The van der Waals surface area contributed by atoms with Crippen molar-refractivity contribution in [2.45, 2.75) is 32.0 Å². The highest BCUT2D eigenvalue weighted by atomic mass is 16.5. The minimum absolute atomic E-state index is 0.183. The van der Waals surface area contributed by atoms with E-state index in [4.69, 9.17) is 9.47 Å². The molecule has 1 saturated heterocycles. The Morgan fingerprint density at radius 2 is 2.13 bits per heavy atom. The molecule has 4 nitrogen and oxygen atoms in total. The van der Waals surface area contributed by atoms with Gasteiger partial charge in [0.05, 0.1) is 12.7 Å². The van der Waals surface area contributed by atoms with Crippen LogP contribution in [-0.2, 0) is 9.47 Å². The molecule has 1 rings (SSSR count). The van der Waals surface area contributed by atoms with Gasteiger partial charge in [-0.05, 0) is 13.8 Å². The van der Waals surface area contributed by atoms with Gasteiger partial charge in [0, 0.05) is 45.9 Å². The molecule has 0 aromatic rings. The summed E-state index contributed by atoms with van der Waals surface area (Å²) in [6.45, 7) is 8.24. The molecule has 0 aromatic carbocycles. The van der Waals surface area contributed by atoms with Crippen LogP contribution in [-0.4, -0.2) is 63.5 Å². The maximum Gasteiger partial charge on any atom is 0.0931 e. The highest BCUT2D eigenvalue weighted by Gasteiger charge is 2.24. The van der Waals surface area contributed by atoms with Gasteiger partial charge in [-0.15, -0.1) is 0 Å². The zero-order valence-corrected chi connectivity index (χ0v) is 10.3. The van der Waals surface area contributed by atoms with Crippen LogP contribution in [0.5, 0.6) is 0 Å². The fourth-order valence-electron chi connectivity index (χ4n) is 1.99. The van der Waals surface area contributed by atoms with Gasteiger partial charge >= 0.3 is 0 Å². The summed E-state index contributed by atoms with van der Waals surface area (Å²) in [5.74, 6) is 0. The molecule has 1 N–H and O–H groups in total. The van der Waals surface area contributed by atoms with Crippen molar-refractivity contribution in [3.8, 4) is 0 Å². The Kier molecular flexibility index (Phi) is 5.53. The van der Waals surface area contributed by atoms with Gasteiger partial charge in [-0.1, -0.05) is 0 Å². The summed E-state index contributed by atoms with van der Waals surface area (Å²) in [5, 5.41) is 3.47. The summed E-state index contributed by atoms with van der Waals surface area (Å²) in [5.41, 5.74) is 0. The first kappa shape index (κ1) is 12.9. The number of hydrogen-bond acceptors (Lipinski definition) is 4. The maximum absolute atomic E-state index is 5.39. The predicted molar refractivity (Wildman–Crippen MR) is 61.2 cm³/mol. The average molecular weight is 216 g/mol. The van der Waals surface area contributed by atoms with E-state index in [1.165, 1.54) is 0 Å². The van der Waals surface area contributed by atoms with E-state index >= 15 is 0 Å². The van der Waals surface area contributed by atoms with Gasteiger partial charge in [-0.2, -0.15) is 0 Å². The number of rotatable bonds is 5. The summed E-state index contributed by atoms with van der Waals surface area (Å²) in [6.07, 6.45) is 0.183. The second-order valence-corrected chi connectivity index (χ2v) is 4.43. The van der Waals surface area contributed by atoms with Gasteiger partial charge in [-0.3, -0.25) is 4.90 Å². The molecule has 3 unspecified atom stereocenters. The van der Waals surface area contributed by atoms with Crippen LogP contribution in [0.2, 0.25) is 0 Å². The van der Waals surface area contributed by atoms with Gasteiger partial charge in [0.1, 0.15) is 0 Å². The molecule has 0 saturated carbocycles. The van der Waals surface area contributed by atoms with Gasteiger partial charge in [-0.25, -0.2) is 0 Å². The van der Waals surface area contributed by atoms with Gasteiger partial charge in [0.2, 0.25) is 0 Å². The molecule has 0 amide bonds. The molecule has 0 aromatic heterocycles. The topological polar surface area (TPSA) is 33.7 Å². The molecular formula is C11H24N2O2. The van der Waals surface area contributed by atoms with Crippen molar-refractivity contribution < 1.29 is 9.47 Å². The van der Waals surface area contributed by atoms with Crippen LogP contribution in [0.15, 0.2) is 0 Å². The van der Waals surface area contributed by atoms with Crippen LogP contribution < -0.4 is 5.32 Å². The van der Waals surface area contributed by atoms with E-state index < -0.39 is 0 Å². The van der Waals surface area contributed by atoms with Crippen molar-refractivity contribution in [3.63, 3.8) is 0 Å². The number of nitrogens with one attached hydrogen (secondary N) is 1. The second-order valence-electron chi connectivity index (χ2n) is 4.43. The van der Waals surface area contributed by atoms with E-state index in [0.29, 0.717) is 18.7 Å². The third kappa shape index (κ3) is 4.07. The Labute approximate surface area is 92.9 Å². The summed E-state index contributed by atoms with van der Waals surface area (Å²) < 4.78 is 10.5.